The lowest BCUT2D eigenvalue weighted by Crippen LogP contribution is -2.28. The van der Waals surface area contributed by atoms with Gasteiger partial charge in [-0.3, -0.25) is 4.79 Å². The van der Waals surface area contributed by atoms with Crippen LogP contribution in [-0.2, 0) is 4.79 Å². The largest absolute Gasteiger partial charge is 0.493 e. The number of fused-ring (bicyclic) bond motifs is 1. The molecule has 1 aromatic rings. The molecule has 1 aromatic carbocycles. The summed E-state index contributed by atoms with van der Waals surface area (Å²) in [6, 6.07) is 8.13. The number of carboxylic acids is 1. The summed E-state index contributed by atoms with van der Waals surface area (Å²) in [6.07, 6.45) is 0. The molecule has 0 spiro atoms. The first-order valence-electron chi connectivity index (χ1n) is 6.82. The molecule has 0 aliphatic carbocycles. The second-order valence-electron chi connectivity index (χ2n) is 5.69. The van der Waals surface area contributed by atoms with Crippen molar-refractivity contribution >= 4 is 5.97 Å². The summed E-state index contributed by atoms with van der Waals surface area (Å²) in [5.41, 5.74) is 1.26. The van der Waals surface area contributed by atoms with E-state index in [4.69, 9.17) is 9.84 Å². The van der Waals surface area contributed by atoms with Crippen LogP contribution in [0.1, 0.15) is 18.4 Å². The van der Waals surface area contributed by atoms with E-state index < -0.39 is 5.97 Å². The number of hydrogen-bond acceptors (Lipinski definition) is 3. The second-order valence-corrected chi connectivity index (χ2v) is 5.69. The molecule has 2 aliphatic rings. The van der Waals surface area contributed by atoms with Gasteiger partial charge in [-0.1, -0.05) is 25.1 Å². The first-order chi connectivity index (χ1) is 9.15. The van der Waals surface area contributed by atoms with Gasteiger partial charge in [0.25, 0.3) is 0 Å². The molecule has 102 valence electrons. The van der Waals surface area contributed by atoms with Gasteiger partial charge in [0.15, 0.2) is 0 Å². The van der Waals surface area contributed by atoms with Crippen molar-refractivity contribution in [3.05, 3.63) is 29.8 Å². The van der Waals surface area contributed by atoms with Crippen molar-refractivity contribution in [2.45, 2.75) is 12.8 Å². The molecule has 1 fully saturated rings. The molecule has 3 rings (SSSR count). The number of ether oxygens (including phenoxy) is 1. The minimum atomic E-state index is -0.668. The minimum absolute atomic E-state index is 0.224. The SMILES string of the molecule is CC1CN(CC2COc3ccccc32)CC1C(=O)O. The Hall–Kier alpha value is -1.55. The summed E-state index contributed by atoms with van der Waals surface area (Å²) in [6.45, 7) is 5.16. The lowest BCUT2D eigenvalue weighted by atomic mass is 9.99. The molecule has 3 atom stereocenters. The lowest BCUT2D eigenvalue weighted by Gasteiger charge is -2.19. The van der Waals surface area contributed by atoms with Crippen molar-refractivity contribution in [3.63, 3.8) is 0 Å². The molecule has 1 N–H and O–H groups in total. The highest BCUT2D eigenvalue weighted by molar-refractivity contribution is 5.71. The average Bonchev–Trinajstić information content (AvgIpc) is 2.95. The van der Waals surface area contributed by atoms with E-state index in [0.717, 1.165) is 18.8 Å². The van der Waals surface area contributed by atoms with Crippen LogP contribution in [0, 0.1) is 11.8 Å². The number of carboxylic acid groups (broad SMARTS) is 1. The summed E-state index contributed by atoms with van der Waals surface area (Å²) in [4.78, 5) is 13.4. The predicted octanol–water partition coefficient (Wildman–Crippen LogP) is 1.82. The monoisotopic (exact) mass is 261 g/mol. The van der Waals surface area contributed by atoms with Gasteiger partial charge in [0, 0.05) is 31.1 Å². The molecule has 0 bridgehead atoms. The van der Waals surface area contributed by atoms with Crippen molar-refractivity contribution < 1.29 is 14.6 Å². The Kier molecular flexibility index (Phi) is 3.19. The van der Waals surface area contributed by atoms with Gasteiger partial charge >= 0.3 is 5.97 Å². The molecule has 4 nitrogen and oxygen atoms in total. The van der Waals surface area contributed by atoms with Gasteiger partial charge in [0.2, 0.25) is 0 Å². The number of aliphatic carboxylic acids is 1. The first kappa shape index (κ1) is 12.5. The van der Waals surface area contributed by atoms with E-state index >= 15 is 0 Å². The Morgan fingerprint density at radius 3 is 2.95 bits per heavy atom. The Labute approximate surface area is 113 Å². The number of hydrogen-bond donors (Lipinski definition) is 1. The van der Waals surface area contributed by atoms with E-state index in [9.17, 15) is 4.79 Å². The van der Waals surface area contributed by atoms with Crippen molar-refractivity contribution in [1.29, 1.82) is 0 Å². The molecule has 1 saturated heterocycles. The van der Waals surface area contributed by atoms with Gasteiger partial charge in [-0.05, 0) is 12.0 Å². The van der Waals surface area contributed by atoms with Crippen LogP contribution in [0.2, 0.25) is 0 Å². The highest BCUT2D eigenvalue weighted by Crippen LogP contribution is 2.35. The summed E-state index contributed by atoms with van der Waals surface area (Å²) in [5.74, 6) is 0.691. The summed E-state index contributed by atoms with van der Waals surface area (Å²) in [5, 5.41) is 9.17. The number of para-hydroxylation sites is 1. The van der Waals surface area contributed by atoms with Gasteiger partial charge in [-0.2, -0.15) is 0 Å². The van der Waals surface area contributed by atoms with Gasteiger partial charge in [-0.25, -0.2) is 0 Å². The molecule has 0 radical (unpaired) electrons. The van der Waals surface area contributed by atoms with E-state index in [1.165, 1.54) is 5.56 Å². The van der Waals surface area contributed by atoms with Gasteiger partial charge in [-0.15, -0.1) is 0 Å². The van der Waals surface area contributed by atoms with Crippen molar-refractivity contribution in [1.82, 2.24) is 4.90 Å². The van der Waals surface area contributed by atoms with Crippen LogP contribution in [0.25, 0.3) is 0 Å². The molecule has 4 heteroatoms. The fourth-order valence-corrected chi connectivity index (χ4v) is 3.23. The predicted molar refractivity (Wildman–Crippen MR) is 71.4 cm³/mol. The molecule has 2 aliphatic heterocycles. The van der Waals surface area contributed by atoms with Crippen molar-refractivity contribution in [3.8, 4) is 5.75 Å². The lowest BCUT2D eigenvalue weighted by molar-refractivity contribution is -0.142. The number of likely N-dealkylation sites (tertiary alicyclic amines) is 1. The average molecular weight is 261 g/mol. The third-order valence-corrected chi connectivity index (χ3v) is 4.28. The molecule has 2 heterocycles. The third kappa shape index (κ3) is 2.32. The summed E-state index contributed by atoms with van der Waals surface area (Å²) >= 11 is 0. The molecule has 19 heavy (non-hydrogen) atoms. The Bertz CT molecular complexity index is 488. The van der Waals surface area contributed by atoms with Crippen molar-refractivity contribution in [2.24, 2.45) is 11.8 Å². The fourth-order valence-electron chi connectivity index (χ4n) is 3.23. The Morgan fingerprint density at radius 1 is 1.42 bits per heavy atom. The second kappa shape index (κ2) is 4.85. The van der Waals surface area contributed by atoms with E-state index in [2.05, 4.69) is 11.0 Å². The van der Waals surface area contributed by atoms with Gasteiger partial charge < -0.3 is 14.7 Å². The smallest absolute Gasteiger partial charge is 0.308 e. The molecular weight excluding hydrogens is 242 g/mol. The van der Waals surface area contributed by atoms with Crippen LogP contribution >= 0.6 is 0 Å². The van der Waals surface area contributed by atoms with Crippen LogP contribution in [0.3, 0.4) is 0 Å². The number of rotatable bonds is 3. The van der Waals surface area contributed by atoms with E-state index in [-0.39, 0.29) is 11.8 Å². The zero-order valence-corrected chi connectivity index (χ0v) is 11.1. The fraction of sp³-hybridized carbons (Fsp3) is 0.533. The minimum Gasteiger partial charge on any atom is -0.493 e. The van der Waals surface area contributed by atoms with E-state index in [0.29, 0.717) is 19.1 Å². The molecule has 3 unspecified atom stereocenters. The number of benzene rings is 1. The maximum absolute atomic E-state index is 11.1. The van der Waals surface area contributed by atoms with E-state index in [1.54, 1.807) is 0 Å². The number of nitrogens with zero attached hydrogens (tertiary/aromatic N) is 1. The maximum atomic E-state index is 11.1. The summed E-state index contributed by atoms with van der Waals surface area (Å²) < 4.78 is 5.68. The zero-order chi connectivity index (χ0) is 13.4. The first-order valence-corrected chi connectivity index (χ1v) is 6.82. The van der Waals surface area contributed by atoms with Crippen LogP contribution in [0.4, 0.5) is 0 Å². The molecule has 0 amide bonds. The van der Waals surface area contributed by atoms with E-state index in [1.807, 2.05) is 25.1 Å². The Balaban J connectivity index is 1.66. The molecular formula is C15H19NO3. The number of carbonyl (C=O) groups is 1. The topological polar surface area (TPSA) is 49.8 Å². The van der Waals surface area contributed by atoms with Crippen LogP contribution in [-0.4, -0.2) is 42.2 Å². The van der Waals surface area contributed by atoms with Gasteiger partial charge in [0.1, 0.15) is 5.75 Å². The highest BCUT2D eigenvalue weighted by Gasteiger charge is 2.36. The quantitative estimate of drug-likeness (QED) is 0.901. The zero-order valence-electron chi connectivity index (χ0n) is 11.1. The van der Waals surface area contributed by atoms with Gasteiger partial charge in [0.05, 0.1) is 12.5 Å². The maximum Gasteiger partial charge on any atom is 0.308 e. The third-order valence-electron chi connectivity index (χ3n) is 4.28. The normalized spacial score (nSPS) is 30.1. The molecule has 0 aromatic heterocycles. The van der Waals surface area contributed by atoms with Crippen LogP contribution in [0.5, 0.6) is 5.75 Å². The highest BCUT2D eigenvalue weighted by atomic mass is 16.5. The van der Waals surface area contributed by atoms with Crippen LogP contribution < -0.4 is 4.74 Å². The molecule has 0 saturated carbocycles. The summed E-state index contributed by atoms with van der Waals surface area (Å²) in [7, 11) is 0. The van der Waals surface area contributed by atoms with Crippen LogP contribution in [0.15, 0.2) is 24.3 Å². The standard InChI is InChI=1S/C15H19NO3/c1-10-6-16(8-13(10)15(17)18)7-11-9-19-14-5-3-2-4-12(11)14/h2-5,10-11,13H,6-9H2,1H3,(H,17,18). The Morgan fingerprint density at radius 2 is 2.21 bits per heavy atom. The van der Waals surface area contributed by atoms with Crippen molar-refractivity contribution in [2.75, 3.05) is 26.2 Å².